The predicted molar refractivity (Wildman–Crippen MR) is 188 cm³/mol. The van der Waals surface area contributed by atoms with Crippen molar-refractivity contribution in [2.75, 3.05) is 16.4 Å². The largest absolute Gasteiger partial charge is 0.341 e. The van der Waals surface area contributed by atoms with Crippen LogP contribution in [-0.4, -0.2) is 28.0 Å². The molecule has 0 radical (unpaired) electrons. The molecule has 6 rings (SSSR count). The fourth-order valence-electron chi connectivity index (χ4n) is 5.31. The van der Waals surface area contributed by atoms with E-state index in [1.165, 1.54) is 22.7 Å². The van der Waals surface area contributed by atoms with Gasteiger partial charge in [0.15, 0.2) is 0 Å². The topological polar surface area (TPSA) is 92.2 Å². The second kappa shape index (κ2) is 14.0. The standard InChI is InChI=1S/C38H32N4O3S/c1-2-42-34-16-10-9-15-31(34)32-24-29(19-22-35(32)42)39-36(43)25-46-30-20-17-28(18-21-30)40-38(45)33(23-26-11-5-3-6-12-26)41-37(44)27-13-7-4-8-14-27/h3-24H,2,25H2,1H3,(H,39,43)(H,40,45)(H,41,44)/b33-23-. The van der Waals surface area contributed by atoms with Crippen molar-refractivity contribution in [3.63, 3.8) is 0 Å². The maximum Gasteiger partial charge on any atom is 0.272 e. The number of hydrogen-bond acceptors (Lipinski definition) is 4. The lowest BCUT2D eigenvalue weighted by Crippen LogP contribution is -2.30. The van der Waals surface area contributed by atoms with Crippen molar-refractivity contribution in [1.29, 1.82) is 0 Å². The van der Waals surface area contributed by atoms with Gasteiger partial charge in [0.25, 0.3) is 11.8 Å². The van der Waals surface area contributed by atoms with E-state index in [2.05, 4.69) is 45.6 Å². The lowest BCUT2D eigenvalue weighted by Gasteiger charge is -2.12. The third kappa shape index (κ3) is 7.03. The van der Waals surface area contributed by atoms with E-state index in [4.69, 9.17) is 0 Å². The Labute approximate surface area is 271 Å². The van der Waals surface area contributed by atoms with Gasteiger partial charge in [-0.3, -0.25) is 14.4 Å². The van der Waals surface area contributed by atoms with E-state index >= 15 is 0 Å². The first-order valence-electron chi connectivity index (χ1n) is 15.0. The Morgan fingerprint density at radius 3 is 2.09 bits per heavy atom. The minimum atomic E-state index is -0.452. The molecule has 0 spiro atoms. The van der Waals surface area contributed by atoms with Gasteiger partial charge in [0, 0.05) is 50.2 Å². The Kier molecular flexibility index (Phi) is 9.27. The SMILES string of the molecule is CCn1c2ccccc2c2cc(NC(=O)CSc3ccc(NC(=O)/C(=C/c4ccccc4)NC(=O)c4ccccc4)cc3)ccc21. The maximum absolute atomic E-state index is 13.3. The summed E-state index contributed by atoms with van der Waals surface area (Å²) < 4.78 is 2.28. The van der Waals surface area contributed by atoms with E-state index in [1.54, 1.807) is 42.5 Å². The molecule has 0 saturated carbocycles. The van der Waals surface area contributed by atoms with Gasteiger partial charge in [0.1, 0.15) is 5.70 Å². The lowest BCUT2D eigenvalue weighted by molar-refractivity contribution is -0.114. The van der Waals surface area contributed by atoms with Gasteiger partial charge in [0.2, 0.25) is 5.91 Å². The number of rotatable bonds is 10. The molecule has 0 atom stereocenters. The minimum absolute atomic E-state index is 0.106. The molecule has 0 aliphatic rings. The van der Waals surface area contributed by atoms with Gasteiger partial charge in [-0.15, -0.1) is 11.8 Å². The molecule has 3 N–H and O–H groups in total. The zero-order chi connectivity index (χ0) is 31.9. The average molecular weight is 625 g/mol. The van der Waals surface area contributed by atoms with Crippen LogP contribution in [0.5, 0.6) is 0 Å². The Morgan fingerprint density at radius 1 is 0.696 bits per heavy atom. The van der Waals surface area contributed by atoms with E-state index in [0.717, 1.165) is 33.6 Å². The molecule has 0 aliphatic carbocycles. The molecule has 46 heavy (non-hydrogen) atoms. The number of thioether (sulfide) groups is 1. The molecule has 8 heteroatoms. The van der Waals surface area contributed by atoms with Crippen molar-refractivity contribution in [2.24, 2.45) is 0 Å². The molecular formula is C38H32N4O3S. The number of nitrogens with zero attached hydrogens (tertiary/aromatic N) is 1. The van der Waals surface area contributed by atoms with Gasteiger partial charge >= 0.3 is 0 Å². The molecule has 3 amide bonds. The van der Waals surface area contributed by atoms with Gasteiger partial charge in [-0.2, -0.15) is 0 Å². The summed E-state index contributed by atoms with van der Waals surface area (Å²) in [5.74, 6) is -0.705. The first kappa shape index (κ1) is 30.4. The van der Waals surface area contributed by atoms with Crippen LogP contribution in [0.3, 0.4) is 0 Å². The monoisotopic (exact) mass is 624 g/mol. The molecular weight excluding hydrogens is 593 g/mol. The zero-order valence-corrected chi connectivity index (χ0v) is 26.0. The average Bonchev–Trinajstić information content (AvgIpc) is 3.41. The number of hydrogen-bond donors (Lipinski definition) is 3. The Morgan fingerprint density at radius 2 is 1.35 bits per heavy atom. The smallest absolute Gasteiger partial charge is 0.272 e. The summed E-state index contributed by atoms with van der Waals surface area (Å²) in [5.41, 5.74) is 4.99. The second-order valence-corrected chi connectivity index (χ2v) is 11.6. The fourth-order valence-corrected chi connectivity index (χ4v) is 6.01. The maximum atomic E-state index is 13.3. The van der Waals surface area contributed by atoms with Crippen LogP contribution in [0.1, 0.15) is 22.8 Å². The number of anilines is 2. The van der Waals surface area contributed by atoms with E-state index in [0.29, 0.717) is 11.3 Å². The molecule has 7 nitrogen and oxygen atoms in total. The molecule has 0 aliphatic heterocycles. The number of nitrogens with one attached hydrogen (secondary N) is 3. The minimum Gasteiger partial charge on any atom is -0.341 e. The Bertz CT molecular complexity index is 2050. The van der Waals surface area contributed by atoms with Crippen LogP contribution >= 0.6 is 11.8 Å². The molecule has 0 bridgehead atoms. The summed E-state index contributed by atoms with van der Waals surface area (Å²) in [6.45, 7) is 3.00. The highest BCUT2D eigenvalue weighted by atomic mass is 32.2. The van der Waals surface area contributed by atoms with Crippen LogP contribution in [0.2, 0.25) is 0 Å². The van der Waals surface area contributed by atoms with Crippen molar-refractivity contribution in [3.05, 3.63) is 144 Å². The number of aromatic nitrogens is 1. The van der Waals surface area contributed by atoms with Crippen molar-refractivity contribution < 1.29 is 14.4 Å². The van der Waals surface area contributed by atoms with Gasteiger partial charge in [-0.25, -0.2) is 0 Å². The van der Waals surface area contributed by atoms with Gasteiger partial charge in [-0.05, 0) is 79.2 Å². The Balaban J connectivity index is 1.08. The highest BCUT2D eigenvalue weighted by Gasteiger charge is 2.16. The van der Waals surface area contributed by atoms with E-state index in [1.807, 2.05) is 72.8 Å². The summed E-state index contributed by atoms with van der Waals surface area (Å²) in [7, 11) is 0. The molecule has 1 heterocycles. The molecule has 1 aromatic heterocycles. The van der Waals surface area contributed by atoms with Crippen LogP contribution in [0.15, 0.2) is 138 Å². The van der Waals surface area contributed by atoms with Crippen LogP contribution < -0.4 is 16.0 Å². The highest BCUT2D eigenvalue weighted by Crippen LogP contribution is 2.31. The van der Waals surface area contributed by atoms with Crippen LogP contribution in [0, 0.1) is 0 Å². The van der Waals surface area contributed by atoms with Crippen LogP contribution in [0.4, 0.5) is 11.4 Å². The van der Waals surface area contributed by atoms with Crippen molar-refractivity contribution in [3.8, 4) is 0 Å². The molecule has 0 unspecified atom stereocenters. The van der Waals surface area contributed by atoms with Crippen LogP contribution in [-0.2, 0) is 16.1 Å². The number of para-hydroxylation sites is 1. The van der Waals surface area contributed by atoms with Gasteiger partial charge in [0.05, 0.1) is 5.75 Å². The first-order chi connectivity index (χ1) is 22.5. The molecule has 0 fully saturated rings. The third-order valence-corrected chi connectivity index (χ3v) is 8.51. The number of aryl methyl sites for hydroxylation is 1. The highest BCUT2D eigenvalue weighted by molar-refractivity contribution is 8.00. The first-order valence-corrected chi connectivity index (χ1v) is 16.0. The van der Waals surface area contributed by atoms with Crippen molar-refractivity contribution in [2.45, 2.75) is 18.4 Å². The number of carbonyl (C=O) groups is 3. The van der Waals surface area contributed by atoms with Crippen LogP contribution in [0.25, 0.3) is 27.9 Å². The summed E-state index contributed by atoms with van der Waals surface area (Å²) in [5, 5.41) is 10.9. The quantitative estimate of drug-likeness (QED) is 0.107. The predicted octanol–water partition coefficient (Wildman–Crippen LogP) is 7.95. The van der Waals surface area contributed by atoms with E-state index < -0.39 is 5.91 Å². The van der Waals surface area contributed by atoms with Gasteiger partial charge in [-0.1, -0.05) is 66.7 Å². The molecule has 228 valence electrons. The number of fused-ring (bicyclic) bond motifs is 3. The number of amides is 3. The summed E-state index contributed by atoms with van der Waals surface area (Å²) >= 11 is 1.41. The third-order valence-electron chi connectivity index (χ3n) is 7.49. The summed E-state index contributed by atoms with van der Waals surface area (Å²) in [6.07, 6.45) is 1.64. The normalized spacial score (nSPS) is 11.4. The second-order valence-electron chi connectivity index (χ2n) is 10.6. The molecule has 5 aromatic carbocycles. The molecule has 0 saturated heterocycles. The Hall–Kier alpha value is -5.60. The van der Waals surface area contributed by atoms with Crippen molar-refractivity contribution in [1.82, 2.24) is 9.88 Å². The summed E-state index contributed by atoms with van der Waals surface area (Å²) in [6, 6.07) is 39.6. The van der Waals surface area contributed by atoms with Crippen molar-refractivity contribution >= 4 is 68.7 Å². The fraction of sp³-hybridized carbons (Fsp3) is 0.0789. The number of carbonyl (C=O) groups excluding carboxylic acids is 3. The zero-order valence-electron chi connectivity index (χ0n) is 25.2. The molecule has 6 aromatic rings. The lowest BCUT2D eigenvalue weighted by atomic mass is 10.1. The van der Waals surface area contributed by atoms with Gasteiger partial charge < -0.3 is 20.5 Å². The number of benzene rings is 5. The summed E-state index contributed by atoms with van der Waals surface area (Å²) in [4.78, 5) is 39.8. The van der Waals surface area contributed by atoms with E-state index in [9.17, 15) is 14.4 Å². The van der Waals surface area contributed by atoms with E-state index in [-0.39, 0.29) is 23.3 Å².